The Balaban J connectivity index is 2.22. The van der Waals surface area contributed by atoms with Crippen LogP contribution in [0.5, 0.6) is 0 Å². The van der Waals surface area contributed by atoms with Crippen LogP contribution in [0.15, 0.2) is 23.5 Å². The third-order valence-corrected chi connectivity index (χ3v) is 4.02. The van der Waals surface area contributed by atoms with E-state index in [1.807, 2.05) is 0 Å². The molecule has 1 heteroatoms. The Morgan fingerprint density at radius 3 is 2.11 bits per heavy atom. The summed E-state index contributed by atoms with van der Waals surface area (Å²) in [5.41, 5.74) is 2.08. The van der Waals surface area contributed by atoms with E-state index in [4.69, 9.17) is 4.74 Å². The molecule has 2 rings (SSSR count). The van der Waals surface area contributed by atoms with Gasteiger partial charge in [-0.25, -0.2) is 0 Å². The van der Waals surface area contributed by atoms with E-state index >= 15 is 0 Å². The first kappa shape index (κ1) is 13.7. The molecule has 18 heavy (non-hydrogen) atoms. The SMILES string of the molecule is CC(C)(C)C1=CC(OC2CC2)=CC(C(C)(C)C)C1. The molecule has 0 bridgehead atoms. The van der Waals surface area contributed by atoms with Gasteiger partial charge in [0.1, 0.15) is 5.76 Å². The fourth-order valence-electron chi connectivity index (χ4n) is 2.30. The maximum absolute atomic E-state index is 6.04. The smallest absolute Gasteiger partial charge is 0.116 e. The van der Waals surface area contributed by atoms with Crippen LogP contribution < -0.4 is 0 Å². The van der Waals surface area contributed by atoms with E-state index in [-0.39, 0.29) is 5.41 Å². The summed E-state index contributed by atoms with van der Waals surface area (Å²) in [5, 5.41) is 0. The molecule has 0 spiro atoms. The van der Waals surface area contributed by atoms with E-state index in [0.717, 1.165) is 5.76 Å². The zero-order valence-corrected chi connectivity index (χ0v) is 12.8. The Labute approximate surface area is 112 Å². The quantitative estimate of drug-likeness (QED) is 0.661. The standard InChI is InChI=1S/C17H28O/c1-16(2,3)12-9-13(17(4,5)6)11-15(10-12)18-14-7-8-14/h10-12,14H,7-9H2,1-6H3. The Kier molecular flexibility index (Phi) is 3.38. The van der Waals surface area contributed by atoms with Crippen molar-refractivity contribution in [2.45, 2.75) is 66.9 Å². The highest BCUT2D eigenvalue weighted by Crippen LogP contribution is 2.43. The van der Waals surface area contributed by atoms with Crippen LogP contribution in [0.1, 0.15) is 60.8 Å². The van der Waals surface area contributed by atoms with Gasteiger partial charge in [-0.2, -0.15) is 0 Å². The first-order valence-corrected chi connectivity index (χ1v) is 7.26. The molecule has 0 amide bonds. The molecule has 0 aromatic carbocycles. The molecule has 1 fully saturated rings. The second-order valence-corrected chi connectivity index (χ2v) is 7.98. The zero-order chi connectivity index (χ0) is 13.6. The maximum Gasteiger partial charge on any atom is 0.116 e. The normalized spacial score (nSPS) is 25.6. The number of hydrogen-bond acceptors (Lipinski definition) is 1. The second-order valence-electron chi connectivity index (χ2n) is 7.98. The van der Waals surface area contributed by atoms with Gasteiger partial charge in [-0.15, -0.1) is 0 Å². The van der Waals surface area contributed by atoms with Crippen molar-refractivity contribution in [2.24, 2.45) is 16.7 Å². The fourth-order valence-corrected chi connectivity index (χ4v) is 2.30. The van der Waals surface area contributed by atoms with Gasteiger partial charge in [0.15, 0.2) is 0 Å². The molecular weight excluding hydrogens is 220 g/mol. The maximum atomic E-state index is 6.04. The van der Waals surface area contributed by atoms with E-state index in [1.54, 1.807) is 0 Å². The van der Waals surface area contributed by atoms with Gasteiger partial charge in [0, 0.05) is 0 Å². The molecule has 0 N–H and O–H groups in total. The van der Waals surface area contributed by atoms with Gasteiger partial charge in [0.25, 0.3) is 0 Å². The first-order valence-electron chi connectivity index (χ1n) is 7.26. The predicted octanol–water partition coefficient (Wildman–Crippen LogP) is 5.09. The molecule has 0 aromatic heterocycles. The monoisotopic (exact) mass is 248 g/mol. The number of hydrogen-bond donors (Lipinski definition) is 0. The topological polar surface area (TPSA) is 9.23 Å². The minimum Gasteiger partial charge on any atom is -0.491 e. The van der Waals surface area contributed by atoms with Gasteiger partial charge in [-0.1, -0.05) is 47.1 Å². The van der Waals surface area contributed by atoms with Crippen molar-refractivity contribution in [1.82, 2.24) is 0 Å². The van der Waals surface area contributed by atoms with Crippen LogP contribution in [0, 0.1) is 16.7 Å². The van der Waals surface area contributed by atoms with Crippen LogP contribution in [0.3, 0.4) is 0 Å². The average molecular weight is 248 g/mol. The van der Waals surface area contributed by atoms with Gasteiger partial charge < -0.3 is 4.74 Å². The lowest BCUT2D eigenvalue weighted by atomic mass is 9.70. The van der Waals surface area contributed by atoms with Crippen molar-refractivity contribution in [1.29, 1.82) is 0 Å². The third-order valence-electron chi connectivity index (χ3n) is 4.02. The number of rotatable bonds is 2. The van der Waals surface area contributed by atoms with E-state index in [0.29, 0.717) is 17.4 Å². The lowest BCUT2D eigenvalue weighted by molar-refractivity contribution is 0.190. The Bertz CT molecular complexity index is 369. The molecule has 0 aliphatic heterocycles. The van der Waals surface area contributed by atoms with E-state index in [9.17, 15) is 0 Å². The van der Waals surface area contributed by atoms with Crippen LogP contribution >= 0.6 is 0 Å². The van der Waals surface area contributed by atoms with Crippen molar-refractivity contribution >= 4 is 0 Å². The summed E-state index contributed by atoms with van der Waals surface area (Å²) in [6, 6.07) is 0. The van der Waals surface area contributed by atoms with Crippen molar-refractivity contribution in [3.8, 4) is 0 Å². The molecule has 1 saturated carbocycles. The summed E-state index contributed by atoms with van der Waals surface area (Å²) < 4.78 is 6.04. The van der Waals surface area contributed by atoms with Crippen LogP contribution in [0.4, 0.5) is 0 Å². The summed E-state index contributed by atoms with van der Waals surface area (Å²) in [6.07, 6.45) is 8.78. The molecular formula is C17H28O. The van der Waals surface area contributed by atoms with Crippen LogP contribution in [0.2, 0.25) is 0 Å². The molecule has 1 unspecified atom stereocenters. The van der Waals surface area contributed by atoms with Gasteiger partial charge in [0.05, 0.1) is 6.10 Å². The largest absolute Gasteiger partial charge is 0.491 e. The van der Waals surface area contributed by atoms with Crippen LogP contribution in [-0.2, 0) is 4.74 Å². The lowest BCUT2D eigenvalue weighted by Crippen LogP contribution is -2.25. The molecule has 1 atom stereocenters. The number of allylic oxidation sites excluding steroid dienone is 3. The molecule has 2 aliphatic carbocycles. The summed E-state index contributed by atoms with van der Waals surface area (Å²) in [6.45, 7) is 13.9. The summed E-state index contributed by atoms with van der Waals surface area (Å²) in [7, 11) is 0. The van der Waals surface area contributed by atoms with Gasteiger partial charge in [-0.05, 0) is 48.2 Å². The van der Waals surface area contributed by atoms with Gasteiger partial charge in [-0.3, -0.25) is 0 Å². The highest BCUT2D eigenvalue weighted by molar-refractivity contribution is 5.30. The minimum absolute atomic E-state index is 0.246. The van der Waals surface area contributed by atoms with E-state index in [1.165, 1.54) is 24.8 Å². The molecule has 0 heterocycles. The predicted molar refractivity (Wildman–Crippen MR) is 77.3 cm³/mol. The molecule has 0 radical (unpaired) electrons. The molecule has 102 valence electrons. The van der Waals surface area contributed by atoms with Crippen molar-refractivity contribution in [3.05, 3.63) is 23.5 Å². The third kappa shape index (κ3) is 3.40. The highest BCUT2D eigenvalue weighted by Gasteiger charge is 2.32. The molecule has 1 nitrogen and oxygen atoms in total. The summed E-state index contributed by atoms with van der Waals surface area (Å²) in [4.78, 5) is 0. The average Bonchev–Trinajstić information content (AvgIpc) is 2.98. The Morgan fingerprint density at radius 1 is 1.06 bits per heavy atom. The first-order chi connectivity index (χ1) is 8.16. The zero-order valence-electron chi connectivity index (χ0n) is 12.8. The van der Waals surface area contributed by atoms with Gasteiger partial charge in [0.2, 0.25) is 0 Å². The number of ether oxygens (including phenoxy) is 1. The van der Waals surface area contributed by atoms with Gasteiger partial charge >= 0.3 is 0 Å². The highest BCUT2D eigenvalue weighted by atomic mass is 16.5. The Hall–Kier alpha value is -0.720. The molecule has 2 aliphatic rings. The molecule has 0 saturated heterocycles. The van der Waals surface area contributed by atoms with Crippen LogP contribution in [0.25, 0.3) is 0 Å². The Morgan fingerprint density at radius 2 is 1.67 bits per heavy atom. The lowest BCUT2D eigenvalue weighted by Gasteiger charge is -2.36. The fraction of sp³-hybridized carbons (Fsp3) is 0.765. The van der Waals surface area contributed by atoms with Crippen molar-refractivity contribution in [3.63, 3.8) is 0 Å². The van der Waals surface area contributed by atoms with Crippen molar-refractivity contribution < 1.29 is 4.74 Å². The second kappa shape index (κ2) is 4.43. The molecule has 0 aromatic rings. The van der Waals surface area contributed by atoms with E-state index < -0.39 is 0 Å². The van der Waals surface area contributed by atoms with Crippen molar-refractivity contribution in [2.75, 3.05) is 0 Å². The van der Waals surface area contributed by atoms with Crippen LogP contribution in [-0.4, -0.2) is 6.10 Å². The minimum atomic E-state index is 0.246. The summed E-state index contributed by atoms with van der Waals surface area (Å²) >= 11 is 0. The summed E-state index contributed by atoms with van der Waals surface area (Å²) in [5.74, 6) is 1.71. The van der Waals surface area contributed by atoms with E-state index in [2.05, 4.69) is 53.7 Å².